The van der Waals surface area contributed by atoms with Crippen LogP contribution in [0.15, 0.2) is 59.8 Å². The van der Waals surface area contributed by atoms with Gasteiger partial charge in [-0.3, -0.25) is 0 Å². The van der Waals surface area contributed by atoms with E-state index >= 15 is 0 Å². The van der Waals surface area contributed by atoms with Gasteiger partial charge in [0.05, 0.1) is 7.11 Å². The van der Waals surface area contributed by atoms with Crippen molar-refractivity contribution in [2.45, 2.75) is 11.8 Å². The number of para-hydroxylation sites is 1. The van der Waals surface area contributed by atoms with Crippen LogP contribution in [0.1, 0.15) is 5.82 Å². The van der Waals surface area contributed by atoms with Gasteiger partial charge in [-0.2, -0.15) is 0 Å². The Hall–Kier alpha value is -2.91. The highest BCUT2D eigenvalue weighted by Gasteiger charge is 2.18. The third-order valence-corrected chi connectivity index (χ3v) is 5.28. The van der Waals surface area contributed by atoms with Crippen LogP contribution in [0.2, 0.25) is 0 Å². The maximum Gasteiger partial charge on any atom is 0.244 e. The number of nitrogens with one attached hydrogen (secondary N) is 2. The highest BCUT2D eigenvalue weighted by atomic mass is 32.2. The van der Waals surface area contributed by atoms with Gasteiger partial charge in [0, 0.05) is 31.5 Å². The average molecular weight is 387 g/mol. The number of aryl methyl sites for hydroxylation is 1. The van der Waals surface area contributed by atoms with Crippen molar-refractivity contribution in [1.29, 1.82) is 0 Å². The molecule has 2 N–H and O–H groups in total. The molecule has 27 heavy (non-hydrogen) atoms. The number of sulfonamides is 1. The van der Waals surface area contributed by atoms with Crippen molar-refractivity contribution >= 4 is 15.8 Å². The molecule has 0 aliphatic heterocycles. The zero-order chi connectivity index (χ0) is 19.3. The summed E-state index contributed by atoms with van der Waals surface area (Å²) in [6.07, 6.45) is 3.79. The molecule has 9 heteroatoms. The highest BCUT2D eigenvalue weighted by molar-refractivity contribution is 7.89. The van der Waals surface area contributed by atoms with Gasteiger partial charge in [0.1, 0.15) is 28.1 Å². The van der Waals surface area contributed by atoms with Crippen LogP contribution in [0.3, 0.4) is 0 Å². The van der Waals surface area contributed by atoms with Gasteiger partial charge in [-0.05, 0) is 31.2 Å². The fourth-order valence-corrected chi connectivity index (χ4v) is 3.76. The van der Waals surface area contributed by atoms with E-state index in [9.17, 15) is 8.42 Å². The molecular formula is C18H21N5O3S. The predicted octanol–water partition coefficient (Wildman–Crippen LogP) is 1.97. The summed E-state index contributed by atoms with van der Waals surface area (Å²) in [5.41, 5.74) is 0. The first-order valence-electron chi connectivity index (χ1n) is 8.35. The fraction of sp³-hybridized carbons (Fsp3) is 0.222. The topological polar surface area (TPSA) is 98.1 Å². The molecule has 3 aromatic rings. The molecule has 0 atom stereocenters. The van der Waals surface area contributed by atoms with Crippen molar-refractivity contribution in [3.8, 4) is 11.6 Å². The maximum atomic E-state index is 12.4. The van der Waals surface area contributed by atoms with E-state index in [4.69, 9.17) is 4.74 Å². The van der Waals surface area contributed by atoms with E-state index in [2.05, 4.69) is 20.0 Å². The van der Waals surface area contributed by atoms with Gasteiger partial charge in [0.15, 0.2) is 0 Å². The fourth-order valence-electron chi connectivity index (χ4n) is 2.56. The van der Waals surface area contributed by atoms with Gasteiger partial charge in [0.2, 0.25) is 10.0 Å². The largest absolute Gasteiger partial charge is 0.495 e. The van der Waals surface area contributed by atoms with E-state index in [0.29, 0.717) is 23.9 Å². The van der Waals surface area contributed by atoms with Crippen molar-refractivity contribution in [1.82, 2.24) is 19.3 Å². The number of hydrogen-bond acceptors (Lipinski definition) is 6. The van der Waals surface area contributed by atoms with Gasteiger partial charge in [-0.1, -0.05) is 12.1 Å². The van der Waals surface area contributed by atoms with Crippen molar-refractivity contribution in [3.63, 3.8) is 0 Å². The van der Waals surface area contributed by atoms with Gasteiger partial charge in [-0.25, -0.2) is 23.1 Å². The van der Waals surface area contributed by atoms with E-state index in [1.165, 1.54) is 13.2 Å². The number of benzene rings is 1. The summed E-state index contributed by atoms with van der Waals surface area (Å²) in [5, 5.41) is 3.12. The zero-order valence-electron chi connectivity index (χ0n) is 15.1. The van der Waals surface area contributed by atoms with Crippen LogP contribution < -0.4 is 14.8 Å². The lowest BCUT2D eigenvalue weighted by Gasteiger charge is -2.12. The number of aromatic nitrogens is 3. The van der Waals surface area contributed by atoms with Crippen molar-refractivity contribution in [3.05, 3.63) is 60.7 Å². The lowest BCUT2D eigenvalue weighted by molar-refractivity contribution is 0.402. The summed E-state index contributed by atoms with van der Waals surface area (Å²) >= 11 is 0. The van der Waals surface area contributed by atoms with E-state index < -0.39 is 10.0 Å². The summed E-state index contributed by atoms with van der Waals surface area (Å²) < 4.78 is 34.4. The van der Waals surface area contributed by atoms with Crippen molar-refractivity contribution < 1.29 is 13.2 Å². The molecule has 0 aliphatic carbocycles. The standard InChI is InChI=1S/C18H21N5O3S/c1-14-21-17(13-18(22-14)23-11-5-6-12-23)19-9-10-20-27(24,25)16-8-4-3-7-15(16)26-2/h3-8,11-13,20H,9-10H2,1-2H3,(H,19,21,22). The minimum Gasteiger partial charge on any atom is -0.495 e. The van der Waals surface area contributed by atoms with Gasteiger partial charge in [-0.15, -0.1) is 0 Å². The molecule has 0 amide bonds. The molecule has 0 radical (unpaired) electrons. The molecule has 142 valence electrons. The Bertz CT molecular complexity index is 1000. The predicted molar refractivity (Wildman–Crippen MR) is 103 cm³/mol. The lowest BCUT2D eigenvalue weighted by Crippen LogP contribution is -2.29. The van der Waals surface area contributed by atoms with Crippen LogP contribution in [0, 0.1) is 6.92 Å². The number of nitrogens with zero attached hydrogens (tertiary/aromatic N) is 3. The Labute approximate surface area is 158 Å². The molecule has 0 fully saturated rings. The van der Waals surface area contributed by atoms with E-state index in [1.807, 2.05) is 42.1 Å². The van der Waals surface area contributed by atoms with Crippen LogP contribution in [0.25, 0.3) is 5.82 Å². The molecule has 0 bridgehead atoms. The molecule has 0 aliphatic rings. The molecule has 0 saturated carbocycles. The minimum absolute atomic E-state index is 0.111. The van der Waals surface area contributed by atoms with E-state index in [1.54, 1.807) is 18.2 Å². The van der Waals surface area contributed by atoms with Crippen LogP contribution in [-0.2, 0) is 10.0 Å². The Balaban J connectivity index is 1.62. The number of rotatable bonds is 8. The number of methoxy groups -OCH3 is 1. The first-order valence-corrected chi connectivity index (χ1v) is 9.83. The van der Waals surface area contributed by atoms with Gasteiger partial charge in [0.25, 0.3) is 0 Å². The van der Waals surface area contributed by atoms with Crippen LogP contribution in [-0.4, -0.2) is 43.2 Å². The van der Waals surface area contributed by atoms with Gasteiger partial charge < -0.3 is 14.6 Å². The number of ether oxygens (including phenoxy) is 1. The molecule has 1 aromatic carbocycles. The van der Waals surface area contributed by atoms with Crippen molar-refractivity contribution in [2.24, 2.45) is 0 Å². The second kappa shape index (κ2) is 8.19. The summed E-state index contributed by atoms with van der Waals surface area (Å²) in [5.74, 6) is 2.30. The highest BCUT2D eigenvalue weighted by Crippen LogP contribution is 2.22. The number of hydrogen-bond donors (Lipinski definition) is 2. The third-order valence-electron chi connectivity index (χ3n) is 3.78. The van der Waals surface area contributed by atoms with E-state index in [-0.39, 0.29) is 11.4 Å². The lowest BCUT2D eigenvalue weighted by atomic mass is 10.3. The maximum absolute atomic E-state index is 12.4. The Morgan fingerprint density at radius 1 is 1.07 bits per heavy atom. The molecule has 2 heterocycles. The molecule has 2 aromatic heterocycles. The van der Waals surface area contributed by atoms with Crippen LogP contribution in [0.5, 0.6) is 5.75 Å². The quantitative estimate of drug-likeness (QED) is 0.574. The van der Waals surface area contributed by atoms with Crippen LogP contribution in [0.4, 0.5) is 5.82 Å². The minimum atomic E-state index is -3.66. The van der Waals surface area contributed by atoms with Crippen LogP contribution >= 0.6 is 0 Å². The second-order valence-electron chi connectivity index (χ2n) is 5.72. The van der Waals surface area contributed by atoms with Crippen molar-refractivity contribution in [2.75, 3.05) is 25.5 Å². The summed E-state index contributed by atoms with van der Waals surface area (Å²) in [4.78, 5) is 8.83. The number of anilines is 1. The first-order chi connectivity index (χ1) is 13.0. The Morgan fingerprint density at radius 3 is 2.56 bits per heavy atom. The second-order valence-corrected chi connectivity index (χ2v) is 7.46. The molecule has 0 unspecified atom stereocenters. The van der Waals surface area contributed by atoms with Gasteiger partial charge >= 0.3 is 0 Å². The molecule has 3 rings (SSSR count). The Morgan fingerprint density at radius 2 is 1.81 bits per heavy atom. The normalized spacial score (nSPS) is 11.3. The molecule has 8 nitrogen and oxygen atoms in total. The summed E-state index contributed by atoms with van der Waals surface area (Å²) in [6.45, 7) is 2.38. The average Bonchev–Trinajstić information content (AvgIpc) is 3.20. The zero-order valence-corrected chi connectivity index (χ0v) is 15.9. The third kappa shape index (κ3) is 4.63. The smallest absolute Gasteiger partial charge is 0.244 e. The summed E-state index contributed by atoms with van der Waals surface area (Å²) in [6, 6.07) is 12.1. The SMILES string of the molecule is COc1ccccc1S(=O)(=O)NCCNc1cc(-n2cccc2)nc(C)n1. The monoisotopic (exact) mass is 387 g/mol. The molecule has 0 saturated heterocycles. The molecule has 0 spiro atoms. The Kier molecular flexibility index (Phi) is 5.72. The van der Waals surface area contributed by atoms with E-state index in [0.717, 1.165) is 5.82 Å². The molecular weight excluding hydrogens is 366 g/mol. The summed E-state index contributed by atoms with van der Waals surface area (Å²) in [7, 11) is -2.22. The first kappa shape index (κ1) is 18.9.